The summed E-state index contributed by atoms with van der Waals surface area (Å²) in [6, 6.07) is 43.8. The van der Waals surface area contributed by atoms with Crippen LogP contribution in [0.2, 0.25) is 13.1 Å². The van der Waals surface area contributed by atoms with Crippen molar-refractivity contribution in [2.24, 2.45) is 0 Å². The number of hydrogen-bond donors (Lipinski definition) is 0. The first-order valence-corrected chi connectivity index (χ1v) is 31.2. The van der Waals surface area contributed by atoms with Crippen LogP contribution in [0.5, 0.6) is 0 Å². The Kier molecular flexibility index (Phi) is 13.2. The van der Waals surface area contributed by atoms with Gasteiger partial charge in [-0.25, -0.2) is 0 Å². The second kappa shape index (κ2) is 17.9. The molecule has 6 aromatic carbocycles. The minimum absolute atomic E-state index is 0.224. The molecule has 0 N–H and O–H groups in total. The Balaban J connectivity index is 0.000000160. The molecule has 2 aromatic heterocycles. The van der Waals surface area contributed by atoms with Gasteiger partial charge in [0.1, 0.15) is 0 Å². The van der Waals surface area contributed by atoms with Crippen molar-refractivity contribution in [2.45, 2.75) is 67.5 Å². The predicted octanol–water partition coefficient (Wildman–Crippen LogP) is 15.5. The molecule has 8 aromatic rings. The fraction of sp³-hybridized carbons (Fsp3) is 0.208. The first-order chi connectivity index (χ1) is 25.9. The number of fused-ring (bicyclic) bond motifs is 2. The van der Waals surface area contributed by atoms with Crippen molar-refractivity contribution in [1.29, 1.82) is 0 Å². The second-order valence-electron chi connectivity index (χ2n) is 14.2. The summed E-state index contributed by atoms with van der Waals surface area (Å²) >= 11 is -1.65. The van der Waals surface area contributed by atoms with E-state index in [0.717, 1.165) is 47.0 Å². The molecule has 0 aliphatic heterocycles. The number of furan rings is 2. The Morgan fingerprint density at radius 2 is 0.907 bits per heavy atom. The molecule has 0 atom stereocenters. The molecular weight excluding hydrogens is 799 g/mol. The van der Waals surface area contributed by atoms with Crippen LogP contribution in [0.4, 0.5) is 0 Å². The number of hydrogen-bond acceptors (Lipinski definition) is 2. The fourth-order valence-corrected chi connectivity index (χ4v) is 6.83. The van der Waals surface area contributed by atoms with Crippen LogP contribution in [0.3, 0.4) is 0 Å². The van der Waals surface area contributed by atoms with Crippen molar-refractivity contribution in [1.82, 2.24) is 0 Å². The zero-order chi connectivity index (χ0) is 38.5. The van der Waals surface area contributed by atoms with Gasteiger partial charge in [0.15, 0.2) is 0 Å². The Morgan fingerprint density at radius 1 is 0.537 bits per heavy atom. The third-order valence-electron chi connectivity index (χ3n) is 9.93. The third-order valence-corrected chi connectivity index (χ3v) is 29.7. The molecule has 276 valence electrons. The average molecular weight is 847 g/mol. The maximum absolute atomic E-state index is 5.81. The molecule has 0 saturated carbocycles. The summed E-state index contributed by atoms with van der Waals surface area (Å²) in [4.78, 5) is 0. The van der Waals surface area contributed by atoms with Gasteiger partial charge in [-0.1, -0.05) is 96.8 Å². The normalized spacial score (nSPS) is 10.9. The maximum atomic E-state index is 5.81. The molecule has 6 heteroatoms. The zero-order valence-electron chi connectivity index (χ0n) is 32.5. The van der Waals surface area contributed by atoms with Gasteiger partial charge >= 0.3 is 53.5 Å². The second-order valence-corrected chi connectivity index (χ2v) is 37.2. The van der Waals surface area contributed by atoms with Crippen LogP contribution in [0.1, 0.15) is 47.6 Å². The molecule has 0 saturated heterocycles. The van der Waals surface area contributed by atoms with Crippen LogP contribution >= 0.6 is 17.0 Å². The van der Waals surface area contributed by atoms with Crippen LogP contribution in [-0.2, 0) is 30.8 Å². The van der Waals surface area contributed by atoms with Gasteiger partial charge in [0.2, 0.25) is 0 Å². The van der Waals surface area contributed by atoms with Gasteiger partial charge in [0, 0.05) is 0 Å². The van der Waals surface area contributed by atoms with Crippen LogP contribution in [-0.4, -0.2) is 5.43 Å². The topological polar surface area (TPSA) is 26.3 Å². The molecular formula is C48H48Cl2O2SiZr-2. The van der Waals surface area contributed by atoms with E-state index in [-0.39, 0.29) is 5.43 Å². The number of halogens is 2. The Bertz CT molecular complexity index is 2360. The van der Waals surface area contributed by atoms with E-state index in [1.807, 2.05) is 38.1 Å². The van der Waals surface area contributed by atoms with Gasteiger partial charge in [0.05, 0.1) is 23.0 Å². The molecule has 54 heavy (non-hydrogen) atoms. The molecule has 8 rings (SSSR count). The predicted molar refractivity (Wildman–Crippen MR) is 232 cm³/mol. The molecule has 0 aliphatic rings. The van der Waals surface area contributed by atoms with E-state index in [1.54, 1.807) is 0 Å². The van der Waals surface area contributed by atoms with Gasteiger partial charge in [-0.15, -0.1) is 57.9 Å². The van der Waals surface area contributed by atoms with E-state index in [0.29, 0.717) is 0 Å². The molecule has 0 spiro atoms. The summed E-state index contributed by atoms with van der Waals surface area (Å²) in [6.07, 6.45) is 2.14. The van der Waals surface area contributed by atoms with Gasteiger partial charge in [0.25, 0.3) is 0 Å². The van der Waals surface area contributed by atoms with E-state index in [2.05, 4.69) is 138 Å². The SMILES string of the molecule is CCc1ccc(-c2c(C)ccc3[cH-]c(-c4ccc(C)o4)cc23)cc1.CCc1ccc(-c2c(C)ccc3[cH-]c(-c4ccc(C)o4)cc23)cc1.C[Si](C)=[Zr]([Cl])[Cl]. The standard InChI is InChI=1S/2C23H21O.C2H6Si.2ClH.Zr/c2*1-4-17-7-10-18(11-8-17)23-15(2)5-9-19-13-20(14-21(19)23)22-12-6-16(3)24-22;1-3-2;;;/h2*5-14H,4H2,1-3H3;1-2H3;2*1H;/q2*-1;;;;+2/p-2. The molecule has 0 radical (unpaired) electrons. The summed E-state index contributed by atoms with van der Waals surface area (Å²) in [5, 5.41) is 5.12. The van der Waals surface area contributed by atoms with E-state index in [9.17, 15) is 0 Å². The molecule has 0 unspecified atom stereocenters. The number of benzene rings is 4. The van der Waals surface area contributed by atoms with Crippen molar-refractivity contribution < 1.29 is 26.8 Å². The van der Waals surface area contributed by atoms with Gasteiger partial charge in [-0.2, -0.15) is 0 Å². The fourth-order valence-electron chi connectivity index (χ4n) is 6.83. The van der Waals surface area contributed by atoms with Crippen molar-refractivity contribution in [2.75, 3.05) is 0 Å². The van der Waals surface area contributed by atoms with Crippen molar-refractivity contribution in [3.05, 3.63) is 155 Å². The Labute approximate surface area is 335 Å². The van der Waals surface area contributed by atoms with Crippen LogP contribution in [0.25, 0.3) is 66.4 Å². The summed E-state index contributed by atoms with van der Waals surface area (Å²) < 4.78 is 11.6. The molecule has 0 amide bonds. The summed E-state index contributed by atoms with van der Waals surface area (Å²) in [5.74, 6) is 3.77. The van der Waals surface area contributed by atoms with Crippen LogP contribution < -0.4 is 0 Å². The Hall–Kier alpha value is -3.66. The Morgan fingerprint density at radius 3 is 1.20 bits per heavy atom. The van der Waals surface area contributed by atoms with Crippen molar-refractivity contribution in [3.8, 4) is 44.9 Å². The van der Waals surface area contributed by atoms with Crippen LogP contribution in [0.15, 0.2) is 130 Å². The van der Waals surface area contributed by atoms with E-state index in [1.165, 1.54) is 66.1 Å². The van der Waals surface area contributed by atoms with Gasteiger partial charge in [-0.05, 0) is 98.2 Å². The summed E-state index contributed by atoms with van der Waals surface area (Å²) in [5.41, 5.74) is 12.6. The third kappa shape index (κ3) is 9.23. The molecule has 0 bridgehead atoms. The van der Waals surface area contributed by atoms with E-state index < -0.39 is 18.0 Å². The minimum atomic E-state index is -1.65. The molecule has 2 nitrogen and oxygen atoms in total. The molecule has 0 fully saturated rings. The van der Waals surface area contributed by atoms with Crippen LogP contribution in [0, 0.1) is 27.7 Å². The van der Waals surface area contributed by atoms with Crippen molar-refractivity contribution >= 4 is 44.0 Å². The monoisotopic (exact) mass is 844 g/mol. The average Bonchev–Trinajstić information content (AvgIpc) is 3.99. The summed E-state index contributed by atoms with van der Waals surface area (Å²) in [6.45, 7) is 17.1. The first-order valence-electron chi connectivity index (χ1n) is 18.7. The molecule has 0 aliphatic carbocycles. The zero-order valence-corrected chi connectivity index (χ0v) is 37.5. The van der Waals surface area contributed by atoms with E-state index >= 15 is 0 Å². The van der Waals surface area contributed by atoms with Gasteiger partial charge < -0.3 is 8.83 Å². The summed E-state index contributed by atoms with van der Waals surface area (Å²) in [7, 11) is 11.2. The number of aryl methyl sites for hydroxylation is 6. The van der Waals surface area contributed by atoms with Gasteiger partial charge in [-0.3, -0.25) is 0 Å². The molecule has 2 heterocycles. The quantitative estimate of drug-likeness (QED) is 0.123. The first kappa shape index (κ1) is 40.0. The van der Waals surface area contributed by atoms with E-state index in [4.69, 9.17) is 25.9 Å². The number of rotatable bonds is 6. The van der Waals surface area contributed by atoms with Crippen molar-refractivity contribution in [3.63, 3.8) is 0 Å².